The van der Waals surface area contributed by atoms with Gasteiger partial charge >= 0.3 is 0 Å². The maximum Gasteiger partial charge on any atom is 0.231 e. The molecule has 3 heterocycles. The van der Waals surface area contributed by atoms with Crippen molar-refractivity contribution in [3.8, 4) is 11.5 Å². The lowest BCUT2D eigenvalue weighted by atomic mass is 10.00. The summed E-state index contributed by atoms with van der Waals surface area (Å²) in [5.41, 5.74) is 2.40. The standard InChI is InChI=1S/C21H27N3O2/c1-16(13-17-5-3-4-10-22-17)23(2)18-8-11-24(12-9-18)19-6-7-20-21(14-19)26-15-25-20/h3-7,10,14,16,18H,8-9,11-13,15H2,1-2H3/t16-/m1/s1. The third-order valence-corrected chi connectivity index (χ3v) is 5.69. The van der Waals surface area contributed by atoms with Crippen LogP contribution in [0.25, 0.3) is 0 Å². The van der Waals surface area contributed by atoms with Gasteiger partial charge in [0.05, 0.1) is 0 Å². The number of aromatic nitrogens is 1. The van der Waals surface area contributed by atoms with Crippen LogP contribution in [0.2, 0.25) is 0 Å². The van der Waals surface area contributed by atoms with Crippen molar-refractivity contribution in [2.45, 2.75) is 38.3 Å². The number of ether oxygens (including phenoxy) is 2. The molecule has 0 aliphatic carbocycles. The van der Waals surface area contributed by atoms with E-state index in [1.807, 2.05) is 18.3 Å². The van der Waals surface area contributed by atoms with Gasteiger partial charge in [0.15, 0.2) is 11.5 Å². The molecule has 26 heavy (non-hydrogen) atoms. The predicted molar refractivity (Wildman–Crippen MR) is 103 cm³/mol. The lowest BCUT2D eigenvalue weighted by molar-refractivity contribution is 0.157. The van der Waals surface area contributed by atoms with Crippen LogP contribution in [-0.2, 0) is 6.42 Å². The van der Waals surface area contributed by atoms with Crippen LogP contribution in [0, 0.1) is 0 Å². The molecule has 1 saturated heterocycles. The van der Waals surface area contributed by atoms with Gasteiger partial charge in [0.25, 0.3) is 0 Å². The van der Waals surface area contributed by atoms with E-state index in [2.05, 4.69) is 53.0 Å². The van der Waals surface area contributed by atoms with Gasteiger partial charge in [-0.2, -0.15) is 0 Å². The van der Waals surface area contributed by atoms with Crippen LogP contribution in [0.5, 0.6) is 11.5 Å². The Labute approximate surface area is 155 Å². The maximum absolute atomic E-state index is 5.51. The van der Waals surface area contributed by atoms with Crippen molar-refractivity contribution < 1.29 is 9.47 Å². The molecule has 2 aliphatic heterocycles. The summed E-state index contributed by atoms with van der Waals surface area (Å²) in [6, 6.07) is 13.5. The first-order valence-corrected chi connectivity index (χ1v) is 9.47. The molecule has 2 aromatic rings. The lowest BCUT2D eigenvalue weighted by Crippen LogP contribution is -2.47. The number of rotatable bonds is 5. The van der Waals surface area contributed by atoms with Crippen LogP contribution in [0.15, 0.2) is 42.6 Å². The molecule has 1 aromatic carbocycles. The highest BCUT2D eigenvalue weighted by atomic mass is 16.7. The van der Waals surface area contributed by atoms with Gasteiger partial charge in [-0.3, -0.25) is 4.98 Å². The molecule has 138 valence electrons. The molecule has 0 radical (unpaired) electrons. The highest BCUT2D eigenvalue weighted by Crippen LogP contribution is 2.36. The molecular weight excluding hydrogens is 326 g/mol. The molecule has 1 aromatic heterocycles. The average molecular weight is 353 g/mol. The molecule has 0 bridgehead atoms. The second kappa shape index (κ2) is 7.54. The summed E-state index contributed by atoms with van der Waals surface area (Å²) >= 11 is 0. The number of fused-ring (bicyclic) bond motifs is 1. The van der Waals surface area contributed by atoms with Crippen LogP contribution in [0.1, 0.15) is 25.5 Å². The fourth-order valence-electron chi connectivity index (χ4n) is 3.94. The second-order valence-electron chi connectivity index (χ2n) is 7.30. The summed E-state index contributed by atoms with van der Waals surface area (Å²) in [6.07, 6.45) is 5.24. The summed E-state index contributed by atoms with van der Waals surface area (Å²) < 4.78 is 10.9. The molecule has 1 fully saturated rings. The maximum atomic E-state index is 5.51. The molecule has 1 atom stereocenters. The third kappa shape index (κ3) is 3.63. The second-order valence-corrected chi connectivity index (χ2v) is 7.30. The molecule has 0 spiro atoms. The van der Waals surface area contributed by atoms with Crippen LogP contribution in [0.3, 0.4) is 0 Å². The van der Waals surface area contributed by atoms with E-state index in [1.54, 1.807) is 0 Å². The van der Waals surface area contributed by atoms with Gasteiger partial charge in [-0.1, -0.05) is 6.07 Å². The molecular formula is C21H27N3O2. The van der Waals surface area contributed by atoms with Crippen molar-refractivity contribution in [3.05, 3.63) is 48.3 Å². The number of piperidine rings is 1. The number of benzene rings is 1. The Bertz CT molecular complexity index is 729. The zero-order chi connectivity index (χ0) is 17.9. The van der Waals surface area contributed by atoms with Gasteiger partial charge in [-0.05, 0) is 51.1 Å². The quantitative estimate of drug-likeness (QED) is 0.824. The summed E-state index contributed by atoms with van der Waals surface area (Å²) in [7, 11) is 2.26. The van der Waals surface area contributed by atoms with Crippen molar-refractivity contribution >= 4 is 5.69 Å². The van der Waals surface area contributed by atoms with Crippen molar-refractivity contribution in [2.75, 3.05) is 31.8 Å². The van der Waals surface area contributed by atoms with E-state index >= 15 is 0 Å². The summed E-state index contributed by atoms with van der Waals surface area (Å²) in [4.78, 5) is 9.46. The first-order chi connectivity index (χ1) is 12.7. The molecule has 0 saturated carbocycles. The van der Waals surface area contributed by atoms with Gasteiger partial charge in [0.1, 0.15) is 0 Å². The van der Waals surface area contributed by atoms with E-state index in [0.29, 0.717) is 18.9 Å². The monoisotopic (exact) mass is 353 g/mol. The Morgan fingerprint density at radius 3 is 2.73 bits per heavy atom. The Morgan fingerprint density at radius 1 is 1.15 bits per heavy atom. The molecule has 0 N–H and O–H groups in total. The summed E-state index contributed by atoms with van der Waals surface area (Å²) in [5, 5.41) is 0. The molecule has 0 unspecified atom stereocenters. The highest BCUT2D eigenvalue weighted by Gasteiger charge is 2.26. The number of hydrogen-bond donors (Lipinski definition) is 0. The van der Waals surface area contributed by atoms with Crippen LogP contribution in [-0.4, -0.2) is 48.9 Å². The molecule has 5 heteroatoms. The largest absolute Gasteiger partial charge is 0.454 e. The zero-order valence-corrected chi connectivity index (χ0v) is 15.6. The lowest BCUT2D eigenvalue weighted by Gasteiger charge is -2.40. The number of pyridine rings is 1. The minimum atomic E-state index is 0.333. The fourth-order valence-corrected chi connectivity index (χ4v) is 3.94. The van der Waals surface area contributed by atoms with E-state index in [4.69, 9.17) is 9.47 Å². The van der Waals surface area contributed by atoms with Crippen LogP contribution < -0.4 is 14.4 Å². The number of likely N-dealkylation sites (N-methyl/N-ethyl adjacent to an activating group) is 1. The topological polar surface area (TPSA) is 37.8 Å². The smallest absolute Gasteiger partial charge is 0.231 e. The first kappa shape index (κ1) is 17.2. The van der Waals surface area contributed by atoms with Crippen molar-refractivity contribution in [3.63, 3.8) is 0 Å². The number of anilines is 1. The van der Waals surface area contributed by atoms with Crippen LogP contribution >= 0.6 is 0 Å². The van der Waals surface area contributed by atoms with Crippen molar-refractivity contribution in [1.82, 2.24) is 9.88 Å². The summed E-state index contributed by atoms with van der Waals surface area (Å²) in [6.45, 7) is 4.79. The minimum absolute atomic E-state index is 0.333. The Balaban J connectivity index is 1.33. The zero-order valence-electron chi connectivity index (χ0n) is 15.6. The predicted octanol–water partition coefficient (Wildman–Crippen LogP) is 3.34. The first-order valence-electron chi connectivity index (χ1n) is 9.47. The average Bonchev–Trinajstić information content (AvgIpc) is 3.16. The molecule has 4 rings (SSSR count). The van der Waals surface area contributed by atoms with Gasteiger partial charge in [-0.15, -0.1) is 0 Å². The van der Waals surface area contributed by atoms with Gasteiger partial charge in [0, 0.05) is 55.2 Å². The third-order valence-electron chi connectivity index (χ3n) is 5.69. The van der Waals surface area contributed by atoms with Crippen molar-refractivity contribution in [2.24, 2.45) is 0 Å². The van der Waals surface area contributed by atoms with Crippen LogP contribution in [0.4, 0.5) is 5.69 Å². The molecule has 0 amide bonds. The van der Waals surface area contributed by atoms with E-state index < -0.39 is 0 Å². The Kier molecular flexibility index (Phi) is 4.98. The highest BCUT2D eigenvalue weighted by molar-refractivity contribution is 5.57. The number of nitrogens with zero attached hydrogens (tertiary/aromatic N) is 3. The molecule has 2 aliphatic rings. The Hall–Kier alpha value is -2.27. The summed E-state index contributed by atoms with van der Waals surface area (Å²) in [5.74, 6) is 1.72. The van der Waals surface area contributed by atoms with E-state index in [1.165, 1.54) is 24.2 Å². The van der Waals surface area contributed by atoms with Gasteiger partial charge in [-0.25, -0.2) is 0 Å². The SMILES string of the molecule is C[C@H](Cc1ccccn1)N(C)C1CCN(c2ccc3c(c2)OCO3)CC1. The van der Waals surface area contributed by atoms with E-state index in [9.17, 15) is 0 Å². The van der Waals surface area contributed by atoms with Crippen molar-refractivity contribution in [1.29, 1.82) is 0 Å². The fraction of sp³-hybridized carbons (Fsp3) is 0.476. The Morgan fingerprint density at radius 2 is 1.96 bits per heavy atom. The molecule has 5 nitrogen and oxygen atoms in total. The van der Waals surface area contributed by atoms with Gasteiger partial charge in [0.2, 0.25) is 6.79 Å². The van der Waals surface area contributed by atoms with Gasteiger partial charge < -0.3 is 19.3 Å². The normalized spacial score (nSPS) is 18.3. The van der Waals surface area contributed by atoms with E-state index in [0.717, 1.165) is 31.0 Å². The minimum Gasteiger partial charge on any atom is -0.454 e. The van der Waals surface area contributed by atoms with E-state index in [-0.39, 0.29) is 0 Å². The number of hydrogen-bond acceptors (Lipinski definition) is 5.